The lowest BCUT2D eigenvalue weighted by molar-refractivity contribution is -0.141. The normalized spacial score (nSPS) is 17.8. The number of nitrogens with one attached hydrogen (secondary N) is 4. The predicted octanol–water partition coefficient (Wildman–Crippen LogP) is -1.70. The molecule has 1 aliphatic rings. The first-order valence-electron chi connectivity index (χ1n) is 13.4. The van der Waals surface area contributed by atoms with Crippen LogP contribution in [0.25, 0.3) is 0 Å². The van der Waals surface area contributed by atoms with Crippen LogP contribution in [0.15, 0.2) is 30.3 Å². The summed E-state index contributed by atoms with van der Waals surface area (Å²) in [5, 5.41) is 10.4. The van der Waals surface area contributed by atoms with Gasteiger partial charge >= 0.3 is 0 Å². The van der Waals surface area contributed by atoms with Gasteiger partial charge < -0.3 is 37.6 Å². The number of primary amides is 1. The molecule has 6 amide bonds. The molecule has 1 aliphatic heterocycles. The van der Waals surface area contributed by atoms with Crippen LogP contribution in [-0.4, -0.2) is 83.6 Å². The number of hydrogen-bond acceptors (Lipinski definition) is 7. The first-order chi connectivity index (χ1) is 18.8. The Labute approximate surface area is 234 Å². The van der Waals surface area contributed by atoms with Gasteiger partial charge in [-0.25, -0.2) is 0 Å². The molecule has 8 N–H and O–H groups in total. The van der Waals surface area contributed by atoms with Crippen molar-refractivity contribution in [1.82, 2.24) is 26.2 Å². The van der Waals surface area contributed by atoms with Gasteiger partial charge in [-0.1, -0.05) is 44.2 Å². The largest absolute Gasteiger partial charge is 0.368 e. The van der Waals surface area contributed by atoms with Crippen LogP contribution in [0, 0.1) is 5.92 Å². The summed E-state index contributed by atoms with van der Waals surface area (Å²) in [5.74, 6) is -3.61. The second-order valence-electron chi connectivity index (χ2n) is 10.3. The predicted molar refractivity (Wildman–Crippen MR) is 147 cm³/mol. The van der Waals surface area contributed by atoms with E-state index in [-0.39, 0.29) is 18.9 Å². The minimum atomic E-state index is -1.05. The highest BCUT2D eigenvalue weighted by Gasteiger charge is 2.37. The third-order valence-corrected chi connectivity index (χ3v) is 6.71. The second-order valence-corrected chi connectivity index (χ2v) is 10.3. The van der Waals surface area contributed by atoms with Gasteiger partial charge in [-0.15, -0.1) is 0 Å². The number of nitrogens with two attached hydrogens (primary N) is 2. The minimum absolute atomic E-state index is 0.139. The minimum Gasteiger partial charge on any atom is -0.368 e. The Hall–Kier alpha value is -4.00. The number of carbonyl (C=O) groups is 6. The van der Waals surface area contributed by atoms with E-state index in [1.54, 1.807) is 38.1 Å². The molecule has 5 atom stereocenters. The summed E-state index contributed by atoms with van der Waals surface area (Å²) >= 11 is 0. The number of amides is 6. The van der Waals surface area contributed by atoms with Crippen molar-refractivity contribution in [2.75, 3.05) is 13.1 Å². The van der Waals surface area contributed by atoms with Gasteiger partial charge in [0.1, 0.15) is 30.2 Å². The number of rotatable bonds is 13. The van der Waals surface area contributed by atoms with E-state index < -0.39 is 65.7 Å². The average Bonchev–Trinajstić information content (AvgIpc) is 3.40. The molecule has 0 spiro atoms. The van der Waals surface area contributed by atoms with Crippen LogP contribution in [0.1, 0.15) is 46.1 Å². The maximum Gasteiger partial charge on any atom is 0.245 e. The lowest BCUT2D eigenvalue weighted by Gasteiger charge is -2.28. The van der Waals surface area contributed by atoms with Crippen LogP contribution < -0.4 is 32.7 Å². The Bertz CT molecular complexity index is 1080. The zero-order chi connectivity index (χ0) is 30.0. The van der Waals surface area contributed by atoms with Crippen molar-refractivity contribution in [2.24, 2.45) is 17.4 Å². The van der Waals surface area contributed by atoms with Crippen molar-refractivity contribution in [3.63, 3.8) is 0 Å². The fourth-order valence-electron chi connectivity index (χ4n) is 4.47. The Morgan fingerprint density at radius 1 is 0.900 bits per heavy atom. The van der Waals surface area contributed by atoms with Gasteiger partial charge in [0.2, 0.25) is 35.4 Å². The van der Waals surface area contributed by atoms with E-state index in [4.69, 9.17) is 11.5 Å². The van der Waals surface area contributed by atoms with E-state index in [2.05, 4.69) is 21.3 Å². The van der Waals surface area contributed by atoms with Crippen molar-refractivity contribution in [3.8, 4) is 0 Å². The molecule has 0 radical (unpaired) electrons. The van der Waals surface area contributed by atoms with E-state index in [1.165, 1.54) is 18.7 Å². The lowest BCUT2D eigenvalue weighted by Crippen LogP contribution is -2.58. The molecule has 1 fully saturated rings. The van der Waals surface area contributed by atoms with Crippen molar-refractivity contribution in [2.45, 2.75) is 77.2 Å². The van der Waals surface area contributed by atoms with E-state index in [9.17, 15) is 28.8 Å². The number of nitrogens with zero attached hydrogens (tertiary/aromatic N) is 1. The first-order valence-corrected chi connectivity index (χ1v) is 13.4. The highest BCUT2D eigenvalue weighted by atomic mass is 16.2. The molecular weight excluding hydrogens is 518 g/mol. The van der Waals surface area contributed by atoms with Crippen molar-refractivity contribution >= 4 is 35.4 Å². The average molecular weight is 560 g/mol. The Morgan fingerprint density at radius 2 is 1.55 bits per heavy atom. The number of carbonyl (C=O) groups excluding carboxylic acids is 6. The van der Waals surface area contributed by atoms with Crippen LogP contribution in [0.2, 0.25) is 0 Å². The molecule has 0 saturated carbocycles. The Kier molecular flexibility index (Phi) is 12.1. The molecule has 5 unspecified atom stereocenters. The highest BCUT2D eigenvalue weighted by Crippen LogP contribution is 2.19. The lowest BCUT2D eigenvalue weighted by atomic mass is 10.0. The highest BCUT2D eigenvalue weighted by molar-refractivity contribution is 5.96. The molecule has 1 aromatic rings. The Morgan fingerprint density at radius 3 is 2.12 bits per heavy atom. The summed E-state index contributed by atoms with van der Waals surface area (Å²) in [7, 11) is 0. The quantitative estimate of drug-likeness (QED) is 0.165. The monoisotopic (exact) mass is 559 g/mol. The van der Waals surface area contributed by atoms with Crippen LogP contribution in [0.3, 0.4) is 0 Å². The zero-order valence-electron chi connectivity index (χ0n) is 23.4. The van der Waals surface area contributed by atoms with Gasteiger partial charge in [0, 0.05) is 13.0 Å². The van der Waals surface area contributed by atoms with Gasteiger partial charge in [-0.05, 0) is 38.2 Å². The molecule has 13 heteroatoms. The first kappa shape index (κ1) is 32.2. The summed E-state index contributed by atoms with van der Waals surface area (Å²) in [4.78, 5) is 76.9. The van der Waals surface area contributed by atoms with Crippen LogP contribution >= 0.6 is 0 Å². The van der Waals surface area contributed by atoms with E-state index in [0.29, 0.717) is 19.4 Å². The van der Waals surface area contributed by atoms with E-state index >= 15 is 0 Å². The summed E-state index contributed by atoms with van der Waals surface area (Å²) in [5.41, 5.74) is 11.5. The molecule has 40 heavy (non-hydrogen) atoms. The van der Waals surface area contributed by atoms with Crippen molar-refractivity contribution in [1.29, 1.82) is 0 Å². The third-order valence-electron chi connectivity index (χ3n) is 6.71. The zero-order valence-corrected chi connectivity index (χ0v) is 23.4. The topological polar surface area (TPSA) is 206 Å². The third kappa shape index (κ3) is 9.04. The van der Waals surface area contributed by atoms with Crippen LogP contribution in [-0.2, 0) is 35.2 Å². The molecule has 1 saturated heterocycles. The van der Waals surface area contributed by atoms with Crippen LogP contribution in [0.5, 0.6) is 0 Å². The number of benzene rings is 1. The molecule has 0 bridgehead atoms. The van der Waals surface area contributed by atoms with E-state index in [0.717, 1.165) is 5.56 Å². The van der Waals surface area contributed by atoms with Gasteiger partial charge in [0.05, 0.1) is 6.54 Å². The van der Waals surface area contributed by atoms with E-state index in [1.807, 2.05) is 6.07 Å². The van der Waals surface area contributed by atoms with Gasteiger partial charge in [-0.2, -0.15) is 0 Å². The second kappa shape index (κ2) is 15.0. The maximum absolute atomic E-state index is 13.1. The van der Waals surface area contributed by atoms with Crippen LogP contribution in [0.4, 0.5) is 0 Å². The van der Waals surface area contributed by atoms with Crippen molar-refractivity contribution < 1.29 is 28.8 Å². The molecule has 0 aliphatic carbocycles. The number of hydrogen-bond donors (Lipinski definition) is 6. The van der Waals surface area contributed by atoms with Gasteiger partial charge in [0.15, 0.2) is 0 Å². The molecule has 220 valence electrons. The Balaban J connectivity index is 2.09. The van der Waals surface area contributed by atoms with Crippen molar-refractivity contribution in [3.05, 3.63) is 35.9 Å². The summed E-state index contributed by atoms with van der Waals surface area (Å²) in [6.07, 6.45) is 1.12. The molecular formula is C27H41N7O6. The molecule has 1 heterocycles. The fraction of sp³-hybridized carbons (Fsp3) is 0.556. The standard InChI is InChI=1S/C27H41N7O6/c1-15(2)22(23(29)36)33-25(38)19(13-18-9-6-5-7-10-18)32-24(37)16(3)31-26(39)20-11-8-12-34(20)27(40)17(4)30-21(35)14-28/h5-7,9-10,15-17,19-20,22H,8,11-14,28H2,1-4H3,(H2,29,36)(H,30,35)(H,31,39)(H,32,37)(H,33,38). The summed E-state index contributed by atoms with van der Waals surface area (Å²) < 4.78 is 0. The van der Waals surface area contributed by atoms with Gasteiger partial charge in [-0.3, -0.25) is 28.8 Å². The van der Waals surface area contributed by atoms with Gasteiger partial charge in [0.25, 0.3) is 0 Å². The summed E-state index contributed by atoms with van der Waals surface area (Å²) in [6.45, 7) is 6.52. The molecule has 2 rings (SSSR count). The summed E-state index contributed by atoms with van der Waals surface area (Å²) in [6, 6.07) is 4.32. The molecule has 13 nitrogen and oxygen atoms in total. The molecule has 0 aromatic heterocycles. The molecule has 1 aromatic carbocycles. The fourth-order valence-corrected chi connectivity index (χ4v) is 4.47. The smallest absolute Gasteiger partial charge is 0.245 e. The number of likely N-dealkylation sites (tertiary alicyclic amines) is 1. The SMILES string of the molecule is CC(NC(=O)C1CCCN1C(=O)C(C)NC(=O)CN)C(=O)NC(Cc1ccccc1)C(=O)NC(C(N)=O)C(C)C. The maximum atomic E-state index is 13.1.